The molecule has 1 fully saturated rings. The van der Waals surface area contributed by atoms with Gasteiger partial charge >= 0.3 is 6.18 Å². The first-order chi connectivity index (χ1) is 11.9. The molecule has 1 aliphatic heterocycles. The number of aromatic nitrogens is 2. The summed E-state index contributed by atoms with van der Waals surface area (Å²) < 4.78 is 41.4. The van der Waals surface area contributed by atoms with E-state index in [0.29, 0.717) is 26.2 Å². The minimum Gasteiger partial charge on any atom is -0.353 e. The SMILES string of the molecule is O=C(Cn1ncc2ccccc21)NCC(N1CCNCC1)C(F)(F)F. The molecule has 2 N–H and O–H groups in total. The predicted octanol–water partition coefficient (Wildman–Crippen LogP) is 0.989. The number of para-hydroxylation sites is 1. The zero-order valence-corrected chi connectivity index (χ0v) is 13.6. The molecule has 0 spiro atoms. The molecule has 1 aromatic heterocycles. The Kier molecular flexibility index (Phi) is 5.24. The molecule has 1 aromatic carbocycles. The molecule has 2 aromatic rings. The number of carbonyl (C=O) groups excluding carboxylic acids is 1. The first kappa shape index (κ1) is 17.7. The lowest BCUT2D eigenvalue weighted by Crippen LogP contribution is -2.57. The molecule has 0 aliphatic carbocycles. The predicted molar refractivity (Wildman–Crippen MR) is 87.0 cm³/mol. The van der Waals surface area contributed by atoms with Crippen LogP contribution in [0.1, 0.15) is 0 Å². The molecule has 0 bridgehead atoms. The Labute approximate surface area is 143 Å². The summed E-state index contributed by atoms with van der Waals surface area (Å²) in [5, 5.41) is 10.4. The Morgan fingerprint density at radius 1 is 1.28 bits per heavy atom. The summed E-state index contributed by atoms with van der Waals surface area (Å²) in [5.41, 5.74) is 0.770. The van der Waals surface area contributed by atoms with Gasteiger partial charge in [0.05, 0.1) is 11.7 Å². The van der Waals surface area contributed by atoms with E-state index in [2.05, 4.69) is 15.7 Å². The number of nitrogens with one attached hydrogen (secondary N) is 2. The van der Waals surface area contributed by atoms with Crippen LogP contribution in [-0.4, -0.2) is 65.5 Å². The van der Waals surface area contributed by atoms with Gasteiger partial charge in [-0.1, -0.05) is 18.2 Å². The summed E-state index contributed by atoms with van der Waals surface area (Å²) in [6.45, 7) is 1.08. The zero-order chi connectivity index (χ0) is 17.9. The number of benzene rings is 1. The fourth-order valence-corrected chi connectivity index (χ4v) is 3.00. The Bertz CT molecular complexity index is 724. The van der Waals surface area contributed by atoms with E-state index in [4.69, 9.17) is 0 Å². The molecule has 25 heavy (non-hydrogen) atoms. The molecule has 1 unspecified atom stereocenters. The largest absolute Gasteiger partial charge is 0.405 e. The van der Waals surface area contributed by atoms with Crippen molar-refractivity contribution in [1.29, 1.82) is 0 Å². The molecule has 2 heterocycles. The van der Waals surface area contributed by atoms with Crippen LogP contribution in [0.5, 0.6) is 0 Å². The minimum absolute atomic E-state index is 0.111. The number of fused-ring (bicyclic) bond motifs is 1. The molecule has 1 saturated heterocycles. The van der Waals surface area contributed by atoms with Gasteiger partial charge in [0.1, 0.15) is 12.6 Å². The summed E-state index contributed by atoms with van der Waals surface area (Å²) in [4.78, 5) is 13.5. The lowest BCUT2D eigenvalue weighted by atomic mass is 10.2. The van der Waals surface area contributed by atoms with Crippen molar-refractivity contribution >= 4 is 16.8 Å². The number of hydrogen-bond acceptors (Lipinski definition) is 4. The molecule has 0 radical (unpaired) electrons. The first-order valence-electron chi connectivity index (χ1n) is 8.14. The van der Waals surface area contributed by atoms with Crippen molar-refractivity contribution in [3.8, 4) is 0 Å². The van der Waals surface area contributed by atoms with Gasteiger partial charge in [-0.25, -0.2) is 0 Å². The van der Waals surface area contributed by atoms with Crippen LogP contribution in [0.3, 0.4) is 0 Å². The summed E-state index contributed by atoms with van der Waals surface area (Å²) in [6, 6.07) is 5.68. The molecule has 0 saturated carbocycles. The average Bonchev–Trinajstić information content (AvgIpc) is 2.98. The van der Waals surface area contributed by atoms with Crippen LogP contribution >= 0.6 is 0 Å². The molecule has 1 amide bonds. The molecule has 9 heteroatoms. The normalized spacial score (nSPS) is 17.6. The van der Waals surface area contributed by atoms with Gasteiger partial charge in [-0.05, 0) is 6.07 Å². The van der Waals surface area contributed by atoms with Gasteiger partial charge in [0.25, 0.3) is 0 Å². The van der Waals surface area contributed by atoms with E-state index in [1.165, 1.54) is 9.58 Å². The van der Waals surface area contributed by atoms with Crippen molar-refractivity contribution in [2.45, 2.75) is 18.8 Å². The van der Waals surface area contributed by atoms with Crippen LogP contribution in [0.15, 0.2) is 30.5 Å². The van der Waals surface area contributed by atoms with Gasteiger partial charge in [0.2, 0.25) is 5.91 Å². The van der Waals surface area contributed by atoms with Crippen molar-refractivity contribution in [3.05, 3.63) is 30.5 Å². The molecule has 3 rings (SSSR count). The fraction of sp³-hybridized carbons (Fsp3) is 0.500. The first-order valence-corrected chi connectivity index (χ1v) is 8.14. The van der Waals surface area contributed by atoms with Gasteiger partial charge < -0.3 is 10.6 Å². The third-order valence-electron chi connectivity index (χ3n) is 4.31. The third-order valence-corrected chi connectivity index (χ3v) is 4.31. The van der Waals surface area contributed by atoms with Crippen LogP contribution in [0.2, 0.25) is 0 Å². The van der Waals surface area contributed by atoms with E-state index in [-0.39, 0.29) is 6.54 Å². The van der Waals surface area contributed by atoms with Crippen LogP contribution in [0.4, 0.5) is 13.2 Å². The van der Waals surface area contributed by atoms with Crippen LogP contribution in [0, 0.1) is 0 Å². The smallest absolute Gasteiger partial charge is 0.353 e. The lowest BCUT2D eigenvalue weighted by molar-refractivity contribution is -0.184. The lowest BCUT2D eigenvalue weighted by Gasteiger charge is -2.35. The second kappa shape index (κ2) is 7.40. The maximum atomic E-state index is 13.3. The summed E-state index contributed by atoms with van der Waals surface area (Å²) in [7, 11) is 0. The summed E-state index contributed by atoms with van der Waals surface area (Å²) in [6.07, 6.45) is -2.76. The summed E-state index contributed by atoms with van der Waals surface area (Å²) in [5.74, 6) is -0.488. The minimum atomic E-state index is -4.39. The van der Waals surface area contributed by atoms with E-state index in [9.17, 15) is 18.0 Å². The maximum Gasteiger partial charge on any atom is 0.405 e. The van der Waals surface area contributed by atoms with E-state index >= 15 is 0 Å². The fourth-order valence-electron chi connectivity index (χ4n) is 3.00. The van der Waals surface area contributed by atoms with Gasteiger partial charge in [-0.15, -0.1) is 0 Å². The van der Waals surface area contributed by atoms with Crippen LogP contribution in [0.25, 0.3) is 10.9 Å². The van der Waals surface area contributed by atoms with Gasteiger partial charge in [0, 0.05) is 38.1 Å². The standard InChI is InChI=1S/C16H20F3N5O/c17-16(18,19)14(23-7-5-20-6-8-23)10-21-15(25)11-24-13-4-2-1-3-12(13)9-22-24/h1-4,9,14,20H,5-8,10-11H2,(H,21,25). The van der Waals surface area contributed by atoms with Gasteiger partial charge in [-0.3, -0.25) is 14.4 Å². The van der Waals surface area contributed by atoms with Gasteiger partial charge in [0.15, 0.2) is 0 Å². The summed E-state index contributed by atoms with van der Waals surface area (Å²) >= 11 is 0. The van der Waals surface area contributed by atoms with Crippen LogP contribution in [-0.2, 0) is 11.3 Å². The Morgan fingerprint density at radius 3 is 2.72 bits per heavy atom. The monoisotopic (exact) mass is 355 g/mol. The van der Waals surface area contributed by atoms with Crippen molar-refractivity contribution in [3.63, 3.8) is 0 Å². The highest BCUT2D eigenvalue weighted by molar-refractivity contribution is 5.81. The molecule has 1 aliphatic rings. The average molecular weight is 355 g/mol. The highest BCUT2D eigenvalue weighted by atomic mass is 19.4. The number of hydrogen-bond donors (Lipinski definition) is 2. The third kappa shape index (κ3) is 4.29. The van der Waals surface area contributed by atoms with Gasteiger partial charge in [-0.2, -0.15) is 18.3 Å². The number of rotatable bonds is 5. The maximum absolute atomic E-state index is 13.3. The van der Waals surface area contributed by atoms with Crippen molar-refractivity contribution in [2.24, 2.45) is 0 Å². The van der Waals surface area contributed by atoms with E-state index < -0.39 is 24.7 Å². The van der Waals surface area contributed by atoms with Crippen molar-refractivity contribution < 1.29 is 18.0 Å². The number of alkyl halides is 3. The number of piperazine rings is 1. The molecule has 136 valence electrons. The highest BCUT2D eigenvalue weighted by Gasteiger charge is 2.43. The van der Waals surface area contributed by atoms with E-state index in [1.807, 2.05) is 24.3 Å². The Balaban J connectivity index is 1.61. The molecule has 1 atom stereocenters. The Morgan fingerprint density at radius 2 is 2.00 bits per heavy atom. The quantitative estimate of drug-likeness (QED) is 0.840. The molecular weight excluding hydrogens is 335 g/mol. The second-order valence-electron chi connectivity index (χ2n) is 6.01. The molecule has 6 nitrogen and oxygen atoms in total. The van der Waals surface area contributed by atoms with Crippen molar-refractivity contribution in [2.75, 3.05) is 32.7 Å². The van der Waals surface area contributed by atoms with Crippen LogP contribution < -0.4 is 10.6 Å². The highest BCUT2D eigenvalue weighted by Crippen LogP contribution is 2.24. The Hall–Kier alpha value is -2.13. The number of halogens is 3. The topological polar surface area (TPSA) is 62.2 Å². The zero-order valence-electron chi connectivity index (χ0n) is 13.6. The second-order valence-corrected chi connectivity index (χ2v) is 6.01. The molecular formula is C16H20F3N5O. The van der Waals surface area contributed by atoms with E-state index in [1.54, 1.807) is 6.20 Å². The number of amides is 1. The number of carbonyl (C=O) groups is 1. The van der Waals surface area contributed by atoms with Crippen molar-refractivity contribution in [1.82, 2.24) is 25.3 Å². The van der Waals surface area contributed by atoms with E-state index in [0.717, 1.165) is 10.9 Å². The number of nitrogens with zero attached hydrogens (tertiary/aromatic N) is 3.